The van der Waals surface area contributed by atoms with E-state index in [2.05, 4.69) is 64.1 Å². The maximum absolute atomic E-state index is 4.77. The van der Waals surface area contributed by atoms with Crippen molar-refractivity contribution in [1.82, 2.24) is 25.3 Å². The Balaban J connectivity index is 0.00000300. The van der Waals surface area contributed by atoms with Crippen LogP contribution in [0, 0.1) is 0 Å². The monoisotopic (exact) mass is 510 g/mol. The molecule has 29 heavy (non-hydrogen) atoms. The lowest BCUT2D eigenvalue weighted by atomic mass is 10.0. The summed E-state index contributed by atoms with van der Waals surface area (Å²) in [5.41, 5.74) is 2.68. The van der Waals surface area contributed by atoms with Crippen LogP contribution < -0.4 is 10.6 Å². The van der Waals surface area contributed by atoms with Crippen molar-refractivity contribution in [3.05, 3.63) is 53.9 Å². The lowest BCUT2D eigenvalue weighted by Gasteiger charge is -2.33. The molecule has 0 saturated carbocycles. The summed E-state index contributed by atoms with van der Waals surface area (Å²) in [7, 11) is 1.96. The Hall–Kier alpha value is -1.61. The Morgan fingerprint density at radius 3 is 2.59 bits per heavy atom. The van der Waals surface area contributed by atoms with Crippen LogP contribution in [0.4, 0.5) is 0 Å². The Bertz CT molecular complexity index is 722. The van der Waals surface area contributed by atoms with E-state index in [1.807, 2.05) is 17.9 Å². The van der Waals surface area contributed by atoms with Crippen LogP contribution in [0.15, 0.2) is 47.7 Å². The van der Waals surface area contributed by atoms with Crippen LogP contribution in [0.25, 0.3) is 0 Å². The minimum absolute atomic E-state index is 0. The Labute approximate surface area is 192 Å². The average Bonchev–Trinajstić information content (AvgIpc) is 3.13. The van der Waals surface area contributed by atoms with Crippen molar-refractivity contribution in [3.8, 4) is 0 Å². The van der Waals surface area contributed by atoms with Crippen molar-refractivity contribution in [1.29, 1.82) is 0 Å². The first kappa shape index (κ1) is 23.7. The SMILES string of the molecule is CCNC(=NCCCc1cnn(C)c1)NC1CCN(Cc2ccccc2)CC1.I. The van der Waals surface area contributed by atoms with E-state index in [-0.39, 0.29) is 24.0 Å². The number of halogens is 1. The van der Waals surface area contributed by atoms with Gasteiger partial charge in [0.05, 0.1) is 6.20 Å². The number of aromatic nitrogens is 2. The highest BCUT2D eigenvalue weighted by atomic mass is 127. The van der Waals surface area contributed by atoms with Gasteiger partial charge in [-0.15, -0.1) is 24.0 Å². The van der Waals surface area contributed by atoms with Gasteiger partial charge in [-0.05, 0) is 43.7 Å². The number of guanidine groups is 1. The smallest absolute Gasteiger partial charge is 0.191 e. The van der Waals surface area contributed by atoms with Gasteiger partial charge in [-0.1, -0.05) is 30.3 Å². The molecule has 6 nitrogen and oxygen atoms in total. The highest BCUT2D eigenvalue weighted by Crippen LogP contribution is 2.13. The minimum atomic E-state index is 0. The number of likely N-dealkylation sites (tertiary alicyclic amines) is 1. The van der Waals surface area contributed by atoms with Gasteiger partial charge >= 0.3 is 0 Å². The zero-order chi connectivity index (χ0) is 19.6. The minimum Gasteiger partial charge on any atom is -0.357 e. The van der Waals surface area contributed by atoms with Crippen LogP contribution >= 0.6 is 24.0 Å². The van der Waals surface area contributed by atoms with Crippen molar-refractivity contribution >= 4 is 29.9 Å². The Morgan fingerprint density at radius 1 is 1.17 bits per heavy atom. The molecule has 0 bridgehead atoms. The second-order valence-electron chi connectivity index (χ2n) is 7.57. The lowest BCUT2D eigenvalue weighted by molar-refractivity contribution is 0.198. The fourth-order valence-electron chi connectivity index (χ4n) is 3.67. The van der Waals surface area contributed by atoms with Gasteiger partial charge in [0, 0.05) is 52.0 Å². The molecule has 1 aromatic heterocycles. The topological polar surface area (TPSA) is 57.5 Å². The number of nitrogens with one attached hydrogen (secondary N) is 2. The predicted molar refractivity (Wildman–Crippen MR) is 131 cm³/mol. The van der Waals surface area contributed by atoms with E-state index in [0.717, 1.165) is 64.4 Å². The van der Waals surface area contributed by atoms with E-state index in [4.69, 9.17) is 4.99 Å². The third-order valence-corrected chi connectivity index (χ3v) is 5.17. The van der Waals surface area contributed by atoms with E-state index >= 15 is 0 Å². The molecule has 0 radical (unpaired) electrons. The standard InChI is InChI=1S/C22H34N6.HI/c1-3-23-22(24-13-7-10-20-16-25-27(2)17-20)26-21-11-14-28(15-12-21)18-19-8-5-4-6-9-19;/h4-6,8-9,16-17,21H,3,7,10-15,18H2,1-2H3,(H2,23,24,26);1H. The number of piperidine rings is 1. The van der Waals surface area contributed by atoms with Crippen molar-refractivity contribution in [2.45, 2.75) is 45.2 Å². The van der Waals surface area contributed by atoms with E-state index in [9.17, 15) is 0 Å². The van der Waals surface area contributed by atoms with Gasteiger partial charge in [0.1, 0.15) is 0 Å². The molecule has 1 aliphatic rings. The number of nitrogens with zero attached hydrogens (tertiary/aromatic N) is 4. The van der Waals surface area contributed by atoms with Crippen molar-refractivity contribution in [3.63, 3.8) is 0 Å². The molecular formula is C22H35IN6. The molecule has 0 unspecified atom stereocenters. The van der Waals surface area contributed by atoms with Crippen LogP contribution in [0.3, 0.4) is 0 Å². The molecule has 1 aromatic carbocycles. The fourth-order valence-corrected chi connectivity index (χ4v) is 3.67. The molecule has 0 amide bonds. The summed E-state index contributed by atoms with van der Waals surface area (Å²) in [6, 6.07) is 11.3. The predicted octanol–water partition coefficient (Wildman–Crippen LogP) is 3.19. The van der Waals surface area contributed by atoms with E-state index in [1.165, 1.54) is 11.1 Å². The third-order valence-electron chi connectivity index (χ3n) is 5.17. The molecule has 1 saturated heterocycles. The molecule has 7 heteroatoms. The van der Waals surface area contributed by atoms with E-state index < -0.39 is 0 Å². The molecule has 160 valence electrons. The van der Waals surface area contributed by atoms with E-state index in [0.29, 0.717) is 6.04 Å². The molecule has 0 aliphatic carbocycles. The summed E-state index contributed by atoms with van der Waals surface area (Å²) < 4.78 is 1.86. The van der Waals surface area contributed by atoms with Gasteiger partial charge in [0.25, 0.3) is 0 Å². The quantitative estimate of drug-likeness (QED) is 0.248. The molecule has 2 heterocycles. The number of hydrogen-bond acceptors (Lipinski definition) is 3. The number of hydrogen-bond donors (Lipinski definition) is 2. The van der Waals surface area contributed by atoms with Gasteiger partial charge in [-0.3, -0.25) is 14.6 Å². The molecule has 3 rings (SSSR count). The number of aliphatic imine (C=N–C) groups is 1. The Kier molecular flexibility index (Phi) is 10.5. The zero-order valence-corrected chi connectivity index (χ0v) is 20.0. The maximum atomic E-state index is 4.77. The summed E-state index contributed by atoms with van der Waals surface area (Å²) in [6.07, 6.45) is 8.40. The van der Waals surface area contributed by atoms with Crippen LogP contribution in [0.1, 0.15) is 37.3 Å². The first-order valence-corrected chi connectivity index (χ1v) is 10.5. The van der Waals surface area contributed by atoms with Crippen LogP contribution in [0.2, 0.25) is 0 Å². The van der Waals surface area contributed by atoms with Crippen LogP contribution in [-0.2, 0) is 20.0 Å². The average molecular weight is 510 g/mol. The summed E-state index contributed by atoms with van der Waals surface area (Å²) in [4.78, 5) is 7.32. The van der Waals surface area contributed by atoms with E-state index in [1.54, 1.807) is 0 Å². The van der Waals surface area contributed by atoms with Crippen molar-refractivity contribution in [2.24, 2.45) is 12.0 Å². The fraction of sp³-hybridized carbons (Fsp3) is 0.545. The maximum Gasteiger partial charge on any atom is 0.191 e. The summed E-state index contributed by atoms with van der Waals surface area (Å²) in [6.45, 7) is 7.16. The third kappa shape index (κ3) is 8.34. The van der Waals surface area contributed by atoms with Crippen LogP contribution in [0.5, 0.6) is 0 Å². The first-order chi connectivity index (χ1) is 13.7. The van der Waals surface area contributed by atoms with Gasteiger partial charge in [0.15, 0.2) is 5.96 Å². The summed E-state index contributed by atoms with van der Waals surface area (Å²) in [5, 5.41) is 11.3. The highest BCUT2D eigenvalue weighted by molar-refractivity contribution is 14.0. The first-order valence-electron chi connectivity index (χ1n) is 10.5. The highest BCUT2D eigenvalue weighted by Gasteiger charge is 2.19. The zero-order valence-electron chi connectivity index (χ0n) is 17.7. The second-order valence-corrected chi connectivity index (χ2v) is 7.57. The second kappa shape index (κ2) is 12.8. The number of rotatable bonds is 8. The molecular weight excluding hydrogens is 475 g/mol. The van der Waals surface area contributed by atoms with Gasteiger partial charge < -0.3 is 10.6 Å². The number of aryl methyl sites for hydroxylation is 2. The number of benzene rings is 1. The Morgan fingerprint density at radius 2 is 1.93 bits per heavy atom. The molecule has 1 aliphatic heterocycles. The molecule has 2 N–H and O–H groups in total. The summed E-state index contributed by atoms with van der Waals surface area (Å²) >= 11 is 0. The van der Waals surface area contributed by atoms with Gasteiger partial charge in [-0.2, -0.15) is 5.10 Å². The van der Waals surface area contributed by atoms with Crippen LogP contribution in [-0.4, -0.2) is 52.9 Å². The molecule has 2 aromatic rings. The van der Waals surface area contributed by atoms with Crippen molar-refractivity contribution < 1.29 is 0 Å². The molecule has 1 fully saturated rings. The largest absolute Gasteiger partial charge is 0.357 e. The molecule has 0 atom stereocenters. The van der Waals surface area contributed by atoms with Gasteiger partial charge in [-0.25, -0.2) is 0 Å². The molecule has 0 spiro atoms. The lowest BCUT2D eigenvalue weighted by Crippen LogP contribution is -2.48. The van der Waals surface area contributed by atoms with Crippen molar-refractivity contribution in [2.75, 3.05) is 26.2 Å². The van der Waals surface area contributed by atoms with Gasteiger partial charge in [0.2, 0.25) is 0 Å². The summed E-state index contributed by atoms with van der Waals surface area (Å²) in [5.74, 6) is 0.954. The normalized spacial score (nSPS) is 15.7.